The van der Waals surface area contributed by atoms with Gasteiger partial charge in [0.05, 0.1) is 0 Å². The van der Waals surface area contributed by atoms with E-state index < -0.39 is 11.9 Å². The first kappa shape index (κ1) is 15.2. The standard InChI is InChI=1S/C7H13NO.C4H4O4/c8-7(9)6-4-2-1-3-5-6;5-3(6)1-2-4(7)8/h6H,1-5H2,(H2,8,9);1-2H,(H,5,6)(H,7,8)/b;2-1-. The molecule has 1 fully saturated rings. The normalized spacial score (nSPS) is 16.0. The summed E-state index contributed by atoms with van der Waals surface area (Å²) in [5.74, 6) is -2.42. The van der Waals surface area contributed by atoms with Crippen molar-refractivity contribution < 1.29 is 24.6 Å². The van der Waals surface area contributed by atoms with E-state index in [0.29, 0.717) is 12.2 Å². The maximum Gasteiger partial charge on any atom is 0.328 e. The molecule has 0 aromatic rings. The van der Waals surface area contributed by atoms with E-state index in [-0.39, 0.29) is 11.8 Å². The Morgan fingerprint density at radius 2 is 1.35 bits per heavy atom. The fourth-order valence-electron chi connectivity index (χ4n) is 1.53. The molecule has 96 valence electrons. The zero-order chi connectivity index (χ0) is 13.3. The molecule has 0 aromatic carbocycles. The number of carbonyl (C=O) groups is 3. The van der Waals surface area contributed by atoms with Gasteiger partial charge in [-0.1, -0.05) is 19.3 Å². The molecule has 0 bridgehead atoms. The third kappa shape index (κ3) is 9.10. The van der Waals surface area contributed by atoms with Gasteiger partial charge in [-0.3, -0.25) is 4.79 Å². The minimum Gasteiger partial charge on any atom is -0.478 e. The Kier molecular flexibility index (Phi) is 7.41. The first-order valence-corrected chi connectivity index (χ1v) is 5.36. The van der Waals surface area contributed by atoms with Gasteiger partial charge < -0.3 is 15.9 Å². The van der Waals surface area contributed by atoms with Crippen LogP contribution in [0.5, 0.6) is 0 Å². The molecule has 1 rings (SSSR count). The number of rotatable bonds is 3. The van der Waals surface area contributed by atoms with Crippen molar-refractivity contribution in [3.63, 3.8) is 0 Å². The molecule has 1 amide bonds. The van der Waals surface area contributed by atoms with Crippen LogP contribution in [0.1, 0.15) is 32.1 Å². The molecule has 0 unspecified atom stereocenters. The molecule has 6 nitrogen and oxygen atoms in total. The summed E-state index contributed by atoms with van der Waals surface area (Å²) in [6.45, 7) is 0. The third-order valence-corrected chi connectivity index (χ3v) is 2.38. The van der Waals surface area contributed by atoms with Crippen LogP contribution in [0.3, 0.4) is 0 Å². The summed E-state index contributed by atoms with van der Waals surface area (Å²) in [6.07, 6.45) is 6.82. The molecule has 0 radical (unpaired) electrons. The van der Waals surface area contributed by atoms with E-state index in [0.717, 1.165) is 12.8 Å². The monoisotopic (exact) mass is 243 g/mol. The number of carbonyl (C=O) groups excluding carboxylic acids is 1. The van der Waals surface area contributed by atoms with Crippen molar-refractivity contribution in [2.24, 2.45) is 11.7 Å². The van der Waals surface area contributed by atoms with E-state index in [1.807, 2.05) is 0 Å². The van der Waals surface area contributed by atoms with Gasteiger partial charge >= 0.3 is 11.9 Å². The van der Waals surface area contributed by atoms with Crippen molar-refractivity contribution in [2.75, 3.05) is 0 Å². The molecule has 0 saturated heterocycles. The smallest absolute Gasteiger partial charge is 0.328 e. The molecule has 0 heterocycles. The molecule has 17 heavy (non-hydrogen) atoms. The van der Waals surface area contributed by atoms with Gasteiger partial charge in [0.2, 0.25) is 5.91 Å². The summed E-state index contributed by atoms with van der Waals surface area (Å²) in [5.41, 5.74) is 5.13. The second-order valence-corrected chi connectivity index (χ2v) is 3.75. The van der Waals surface area contributed by atoms with Crippen molar-refractivity contribution in [3.05, 3.63) is 12.2 Å². The number of nitrogens with two attached hydrogens (primary N) is 1. The Bertz CT molecular complexity index is 289. The topological polar surface area (TPSA) is 118 Å². The lowest BCUT2D eigenvalue weighted by Gasteiger charge is -2.17. The number of hydrogen-bond donors (Lipinski definition) is 3. The van der Waals surface area contributed by atoms with Gasteiger partial charge in [-0.15, -0.1) is 0 Å². The molecule has 1 saturated carbocycles. The average molecular weight is 243 g/mol. The number of carboxylic acid groups (broad SMARTS) is 2. The Morgan fingerprint density at radius 1 is 0.941 bits per heavy atom. The van der Waals surface area contributed by atoms with E-state index in [9.17, 15) is 14.4 Å². The highest BCUT2D eigenvalue weighted by atomic mass is 16.4. The van der Waals surface area contributed by atoms with Crippen LogP contribution in [-0.2, 0) is 14.4 Å². The zero-order valence-corrected chi connectivity index (χ0v) is 9.46. The first-order valence-electron chi connectivity index (χ1n) is 5.36. The van der Waals surface area contributed by atoms with Crippen molar-refractivity contribution >= 4 is 17.8 Å². The summed E-state index contributed by atoms with van der Waals surface area (Å²) >= 11 is 0. The van der Waals surface area contributed by atoms with Crippen LogP contribution in [0.15, 0.2) is 12.2 Å². The number of primary amides is 1. The minimum atomic E-state index is -1.26. The van der Waals surface area contributed by atoms with E-state index in [1.165, 1.54) is 19.3 Å². The van der Waals surface area contributed by atoms with Crippen molar-refractivity contribution in [1.29, 1.82) is 0 Å². The van der Waals surface area contributed by atoms with Crippen LogP contribution in [0, 0.1) is 5.92 Å². The highest BCUT2D eigenvalue weighted by molar-refractivity contribution is 5.89. The summed E-state index contributed by atoms with van der Waals surface area (Å²) in [4.78, 5) is 29.7. The predicted octanol–water partition coefficient (Wildman–Crippen LogP) is 0.764. The highest BCUT2D eigenvalue weighted by Crippen LogP contribution is 2.22. The quantitative estimate of drug-likeness (QED) is 0.632. The lowest BCUT2D eigenvalue weighted by atomic mass is 9.89. The lowest BCUT2D eigenvalue weighted by Crippen LogP contribution is -2.24. The van der Waals surface area contributed by atoms with Crippen molar-refractivity contribution in [2.45, 2.75) is 32.1 Å². The molecule has 0 aliphatic heterocycles. The van der Waals surface area contributed by atoms with Gasteiger partial charge in [-0.25, -0.2) is 9.59 Å². The van der Waals surface area contributed by atoms with E-state index in [1.54, 1.807) is 0 Å². The number of aliphatic carboxylic acids is 2. The Balaban J connectivity index is 0.000000304. The maximum atomic E-state index is 10.6. The fourth-order valence-corrected chi connectivity index (χ4v) is 1.53. The Morgan fingerprint density at radius 3 is 1.59 bits per heavy atom. The van der Waals surface area contributed by atoms with Crippen molar-refractivity contribution in [3.8, 4) is 0 Å². The number of hydrogen-bond acceptors (Lipinski definition) is 3. The molecule has 1 aliphatic rings. The second kappa shape index (κ2) is 8.32. The highest BCUT2D eigenvalue weighted by Gasteiger charge is 2.17. The molecule has 4 N–H and O–H groups in total. The SMILES string of the molecule is NC(=O)C1CCCCC1.O=C(O)/C=C\C(=O)O. The van der Waals surface area contributed by atoms with Gasteiger partial charge in [0.1, 0.15) is 0 Å². The molecule has 0 atom stereocenters. The second-order valence-electron chi connectivity index (χ2n) is 3.75. The van der Waals surface area contributed by atoms with E-state index in [2.05, 4.69) is 0 Å². The minimum absolute atomic E-state index is 0.102. The Hall–Kier alpha value is -1.85. The van der Waals surface area contributed by atoms with E-state index >= 15 is 0 Å². The molecule has 0 spiro atoms. The summed E-state index contributed by atoms with van der Waals surface area (Å²) < 4.78 is 0. The lowest BCUT2D eigenvalue weighted by molar-refractivity contribution is -0.134. The van der Waals surface area contributed by atoms with Crippen LogP contribution in [-0.4, -0.2) is 28.1 Å². The predicted molar refractivity (Wildman–Crippen MR) is 60.2 cm³/mol. The van der Waals surface area contributed by atoms with Gasteiger partial charge in [0, 0.05) is 18.1 Å². The van der Waals surface area contributed by atoms with Crippen LogP contribution in [0.4, 0.5) is 0 Å². The molecular formula is C11H17NO5. The summed E-state index contributed by atoms with van der Waals surface area (Å²) in [6, 6.07) is 0. The summed E-state index contributed by atoms with van der Waals surface area (Å²) in [5, 5.41) is 15.6. The Labute approximate surface area is 99.1 Å². The third-order valence-electron chi connectivity index (χ3n) is 2.38. The molecule has 1 aliphatic carbocycles. The van der Waals surface area contributed by atoms with Gasteiger partial charge in [0.25, 0.3) is 0 Å². The van der Waals surface area contributed by atoms with Gasteiger partial charge in [-0.05, 0) is 12.8 Å². The number of carboxylic acids is 2. The fraction of sp³-hybridized carbons (Fsp3) is 0.545. The average Bonchev–Trinajstić information content (AvgIpc) is 2.28. The summed E-state index contributed by atoms with van der Waals surface area (Å²) in [7, 11) is 0. The zero-order valence-electron chi connectivity index (χ0n) is 9.46. The van der Waals surface area contributed by atoms with Gasteiger partial charge in [-0.2, -0.15) is 0 Å². The van der Waals surface area contributed by atoms with Crippen LogP contribution >= 0.6 is 0 Å². The van der Waals surface area contributed by atoms with Crippen LogP contribution in [0.25, 0.3) is 0 Å². The molecule has 0 aromatic heterocycles. The van der Waals surface area contributed by atoms with Gasteiger partial charge in [0.15, 0.2) is 0 Å². The van der Waals surface area contributed by atoms with E-state index in [4.69, 9.17) is 15.9 Å². The van der Waals surface area contributed by atoms with Crippen LogP contribution < -0.4 is 5.73 Å². The molecule has 6 heteroatoms. The molecular weight excluding hydrogens is 226 g/mol. The van der Waals surface area contributed by atoms with Crippen molar-refractivity contribution in [1.82, 2.24) is 0 Å². The maximum absolute atomic E-state index is 10.6. The largest absolute Gasteiger partial charge is 0.478 e. The first-order chi connectivity index (χ1) is 7.93. The van der Waals surface area contributed by atoms with Crippen LogP contribution in [0.2, 0.25) is 0 Å². The number of amides is 1.